The van der Waals surface area contributed by atoms with Crippen LogP contribution in [0.2, 0.25) is 0 Å². The van der Waals surface area contributed by atoms with E-state index in [4.69, 9.17) is 4.74 Å². The van der Waals surface area contributed by atoms with Gasteiger partial charge in [-0.05, 0) is 51.7 Å². The lowest BCUT2D eigenvalue weighted by atomic mass is 10.1. The van der Waals surface area contributed by atoms with E-state index < -0.39 is 0 Å². The van der Waals surface area contributed by atoms with Crippen LogP contribution in [0.3, 0.4) is 0 Å². The summed E-state index contributed by atoms with van der Waals surface area (Å²) in [5, 5.41) is 0. The fraction of sp³-hybridized carbons (Fsp3) is 0.741. The Balaban J connectivity index is 0. The lowest BCUT2D eigenvalue weighted by Gasteiger charge is -2.32. The average molecular weight is 610 g/mol. The molecule has 0 spiro atoms. The quantitative estimate of drug-likeness (QED) is 0.194. The molecular weight excluding hydrogens is 558 g/mol. The monoisotopic (exact) mass is 607 g/mol. The number of halogens is 2. The minimum Gasteiger partial charge on any atom is -1.00 e. The third-order valence-electron chi connectivity index (χ3n) is 6.87. The zero-order valence-corrected chi connectivity index (χ0v) is 26.1. The zero-order chi connectivity index (χ0) is 24.0. The van der Waals surface area contributed by atoms with Gasteiger partial charge in [0.1, 0.15) is 12.3 Å². The van der Waals surface area contributed by atoms with Gasteiger partial charge in [0.2, 0.25) is 0 Å². The number of carbonyl (C=O) groups is 1. The molecule has 200 valence electrons. The Morgan fingerprint density at radius 2 is 1.26 bits per heavy atom. The third kappa shape index (κ3) is 14.7. The Morgan fingerprint density at radius 1 is 0.794 bits per heavy atom. The summed E-state index contributed by atoms with van der Waals surface area (Å²) in [4.78, 5) is 13.4. The van der Waals surface area contributed by atoms with Gasteiger partial charge in [0.15, 0.2) is 0 Å². The van der Waals surface area contributed by atoms with Crippen molar-refractivity contribution < 1.29 is 52.5 Å². The van der Waals surface area contributed by atoms with E-state index in [1.54, 1.807) is 14.1 Å². The van der Waals surface area contributed by atoms with Crippen LogP contribution in [0.4, 0.5) is 4.79 Å². The molecule has 0 atom stereocenters. The van der Waals surface area contributed by atoms with Crippen LogP contribution in [0.25, 0.3) is 0 Å². The van der Waals surface area contributed by atoms with Crippen molar-refractivity contribution in [2.24, 2.45) is 0 Å². The summed E-state index contributed by atoms with van der Waals surface area (Å²) in [5.41, 5.74) is 1.09. The van der Waals surface area contributed by atoms with Crippen LogP contribution < -0.4 is 38.7 Å². The molecule has 0 saturated heterocycles. The minimum absolute atomic E-state index is 0. The summed E-state index contributed by atoms with van der Waals surface area (Å²) in [7, 11) is 10.3. The number of carbonyl (C=O) groups excluding carboxylic acids is 1. The SMILES string of the molecule is CC[N+](C)(CC)CCCCCCCCCC[N+](C)(C)Cc1ccccc1OC(=O)N(C)C.[Br-].[Br-]. The van der Waals surface area contributed by atoms with Gasteiger partial charge in [-0.3, -0.25) is 0 Å². The molecule has 1 rings (SSSR count). The van der Waals surface area contributed by atoms with E-state index in [0.717, 1.165) is 23.1 Å². The molecule has 0 aliphatic heterocycles. The maximum atomic E-state index is 12.0. The van der Waals surface area contributed by atoms with Crippen molar-refractivity contribution in [3.8, 4) is 5.75 Å². The Labute approximate surface area is 231 Å². The van der Waals surface area contributed by atoms with Gasteiger partial charge in [0.05, 0.1) is 47.3 Å². The number of quaternary nitrogens is 2. The highest BCUT2D eigenvalue weighted by Gasteiger charge is 2.20. The standard InChI is InChI=1S/C27H51N3O2.2BrH/c1-8-30(7,9-2)23-19-15-13-11-10-12-14-18-22-29(5,6)24-25-20-16-17-21-26(25)32-27(31)28(3)4;;/h16-17,20-21H,8-15,18-19,22-24H2,1-7H3;2*1H/q+2;;/p-2. The first kappa shape index (κ1) is 35.5. The van der Waals surface area contributed by atoms with E-state index in [2.05, 4.69) is 41.1 Å². The lowest BCUT2D eigenvalue weighted by molar-refractivity contribution is -0.906. The molecule has 1 aromatic rings. The summed E-state index contributed by atoms with van der Waals surface area (Å²) in [6.45, 7) is 10.4. The molecule has 0 aliphatic carbocycles. The van der Waals surface area contributed by atoms with Crippen molar-refractivity contribution in [2.45, 2.75) is 71.8 Å². The van der Waals surface area contributed by atoms with Crippen LogP contribution in [-0.2, 0) is 6.54 Å². The second kappa shape index (κ2) is 18.6. The van der Waals surface area contributed by atoms with E-state index in [9.17, 15) is 4.79 Å². The average Bonchev–Trinajstić information content (AvgIpc) is 2.75. The summed E-state index contributed by atoms with van der Waals surface area (Å²) < 4.78 is 7.68. The Kier molecular flexibility index (Phi) is 19.5. The molecule has 0 saturated carbocycles. The first-order valence-electron chi connectivity index (χ1n) is 12.7. The number of nitrogens with zero attached hydrogens (tertiary/aromatic N) is 3. The molecule has 0 bridgehead atoms. The van der Waals surface area contributed by atoms with Crippen LogP contribution in [-0.4, -0.2) is 81.4 Å². The molecule has 5 nitrogen and oxygen atoms in total. The highest BCUT2D eigenvalue weighted by Crippen LogP contribution is 2.23. The van der Waals surface area contributed by atoms with Gasteiger partial charge >= 0.3 is 6.09 Å². The number of amides is 1. The molecule has 0 aliphatic rings. The summed E-state index contributed by atoms with van der Waals surface area (Å²) in [5.74, 6) is 0.675. The molecule has 0 fully saturated rings. The van der Waals surface area contributed by atoms with E-state index >= 15 is 0 Å². The van der Waals surface area contributed by atoms with Gasteiger partial charge in [-0.2, -0.15) is 0 Å². The van der Waals surface area contributed by atoms with E-state index in [1.165, 1.54) is 80.4 Å². The number of unbranched alkanes of at least 4 members (excludes halogenated alkanes) is 7. The molecule has 34 heavy (non-hydrogen) atoms. The van der Waals surface area contributed by atoms with Crippen LogP contribution in [0.1, 0.15) is 70.8 Å². The fourth-order valence-electron chi connectivity index (χ4n) is 4.09. The smallest absolute Gasteiger partial charge is 0.414 e. The van der Waals surface area contributed by atoms with E-state index in [0.29, 0.717) is 5.75 Å². The molecule has 7 heteroatoms. The zero-order valence-electron chi connectivity index (χ0n) is 22.9. The molecular formula is C27H51Br2N3O2. The molecule has 1 aromatic carbocycles. The number of rotatable bonds is 16. The molecule has 0 radical (unpaired) electrons. The first-order valence-corrected chi connectivity index (χ1v) is 12.7. The van der Waals surface area contributed by atoms with Crippen LogP contribution in [0.15, 0.2) is 24.3 Å². The van der Waals surface area contributed by atoms with Gasteiger partial charge in [-0.25, -0.2) is 4.79 Å². The maximum Gasteiger partial charge on any atom is 0.414 e. The second-order valence-electron chi connectivity index (χ2n) is 10.5. The van der Waals surface area contributed by atoms with Crippen molar-refractivity contribution in [1.29, 1.82) is 0 Å². The van der Waals surface area contributed by atoms with Crippen molar-refractivity contribution in [3.63, 3.8) is 0 Å². The minimum atomic E-state index is -0.327. The number of ether oxygens (including phenoxy) is 1. The van der Waals surface area contributed by atoms with Crippen LogP contribution in [0.5, 0.6) is 5.75 Å². The number of hydrogen-bond acceptors (Lipinski definition) is 2. The number of benzene rings is 1. The predicted molar refractivity (Wildman–Crippen MR) is 136 cm³/mol. The lowest BCUT2D eigenvalue weighted by Crippen LogP contribution is -3.00. The highest BCUT2D eigenvalue weighted by atomic mass is 79.9. The summed E-state index contributed by atoms with van der Waals surface area (Å²) >= 11 is 0. The molecule has 0 N–H and O–H groups in total. The molecule has 0 unspecified atom stereocenters. The van der Waals surface area contributed by atoms with E-state index in [-0.39, 0.29) is 40.1 Å². The Morgan fingerprint density at radius 3 is 1.76 bits per heavy atom. The molecule has 0 heterocycles. The normalized spacial score (nSPS) is 11.4. The van der Waals surface area contributed by atoms with E-state index in [1.807, 2.05) is 18.2 Å². The first-order chi connectivity index (χ1) is 15.1. The van der Waals surface area contributed by atoms with Gasteiger partial charge in [0.25, 0.3) is 0 Å². The van der Waals surface area contributed by atoms with Crippen molar-refractivity contribution in [1.82, 2.24) is 4.90 Å². The third-order valence-corrected chi connectivity index (χ3v) is 6.87. The van der Waals surface area contributed by atoms with Crippen molar-refractivity contribution in [2.75, 3.05) is 61.4 Å². The van der Waals surface area contributed by atoms with Gasteiger partial charge in [-0.1, -0.05) is 37.8 Å². The fourth-order valence-corrected chi connectivity index (χ4v) is 4.09. The van der Waals surface area contributed by atoms with Gasteiger partial charge in [-0.15, -0.1) is 0 Å². The Hall–Kier alpha value is -0.630. The maximum absolute atomic E-state index is 12.0. The van der Waals surface area contributed by atoms with Crippen molar-refractivity contribution >= 4 is 6.09 Å². The summed E-state index contributed by atoms with van der Waals surface area (Å²) in [6.07, 6.45) is 10.5. The van der Waals surface area contributed by atoms with Crippen molar-refractivity contribution in [3.05, 3.63) is 29.8 Å². The Bertz CT molecular complexity index is 665. The number of hydrogen-bond donors (Lipinski definition) is 0. The largest absolute Gasteiger partial charge is 1.00 e. The summed E-state index contributed by atoms with van der Waals surface area (Å²) in [6, 6.07) is 7.90. The molecule has 1 amide bonds. The van der Waals surface area contributed by atoms with Crippen LogP contribution in [0, 0.1) is 0 Å². The second-order valence-corrected chi connectivity index (χ2v) is 10.5. The number of para-hydroxylation sites is 1. The molecule has 0 aromatic heterocycles. The highest BCUT2D eigenvalue weighted by molar-refractivity contribution is 5.70. The predicted octanol–water partition coefficient (Wildman–Crippen LogP) is -0.0614. The topological polar surface area (TPSA) is 29.5 Å². The van der Waals surface area contributed by atoms with Gasteiger partial charge in [0, 0.05) is 19.7 Å². The van der Waals surface area contributed by atoms with Crippen LogP contribution >= 0.6 is 0 Å². The van der Waals surface area contributed by atoms with Gasteiger partial charge < -0.3 is 52.6 Å².